The number of carbonyl (C=O) groups is 2. The third-order valence-electron chi connectivity index (χ3n) is 3.73. The molecule has 1 heterocycles. The molecular weight excluding hydrogens is 370 g/mol. The maximum Gasteiger partial charge on any atom is 0.354 e. The summed E-state index contributed by atoms with van der Waals surface area (Å²) in [6.07, 6.45) is 1.21. The molecule has 8 heteroatoms. The second-order valence-corrected chi connectivity index (χ2v) is 5.71. The zero-order valence-electron chi connectivity index (χ0n) is 14.4. The Morgan fingerprint density at radius 2 is 1.82 bits per heavy atom. The molecule has 1 aromatic heterocycles. The molecular formula is C20H14F2N2O4. The van der Waals surface area contributed by atoms with Gasteiger partial charge in [0.25, 0.3) is 5.91 Å². The van der Waals surface area contributed by atoms with Gasteiger partial charge in [0, 0.05) is 0 Å². The summed E-state index contributed by atoms with van der Waals surface area (Å²) in [5.74, 6) is -1.82. The summed E-state index contributed by atoms with van der Waals surface area (Å²) in [6.45, 7) is -0.748. The summed E-state index contributed by atoms with van der Waals surface area (Å²) in [5, 5.41) is 11.4. The van der Waals surface area contributed by atoms with Crippen LogP contribution in [0.5, 0.6) is 11.5 Å². The summed E-state index contributed by atoms with van der Waals surface area (Å²) >= 11 is 0. The molecule has 0 aliphatic heterocycles. The van der Waals surface area contributed by atoms with E-state index in [1.165, 1.54) is 60.8 Å². The lowest BCUT2D eigenvalue weighted by atomic mass is 10.1. The van der Waals surface area contributed by atoms with Gasteiger partial charge in [0.2, 0.25) is 0 Å². The third-order valence-corrected chi connectivity index (χ3v) is 3.73. The highest BCUT2D eigenvalue weighted by molar-refractivity contribution is 6.06. The van der Waals surface area contributed by atoms with Gasteiger partial charge < -0.3 is 15.2 Å². The zero-order chi connectivity index (χ0) is 20.1. The number of aromatic carboxylic acids is 1. The highest BCUT2D eigenvalue weighted by atomic mass is 19.1. The maximum atomic E-state index is 13.1. The van der Waals surface area contributed by atoms with Crippen LogP contribution in [0.2, 0.25) is 0 Å². The topological polar surface area (TPSA) is 88.5 Å². The number of alkyl halides is 1. The molecule has 0 atom stereocenters. The fourth-order valence-corrected chi connectivity index (χ4v) is 2.34. The van der Waals surface area contributed by atoms with Crippen molar-refractivity contribution in [3.63, 3.8) is 0 Å². The van der Waals surface area contributed by atoms with Crippen LogP contribution in [0.25, 0.3) is 0 Å². The van der Waals surface area contributed by atoms with Crippen molar-refractivity contribution in [3.8, 4) is 11.5 Å². The number of pyridine rings is 1. The van der Waals surface area contributed by atoms with Crippen LogP contribution in [-0.2, 0) is 6.67 Å². The largest absolute Gasteiger partial charge is 0.477 e. The Kier molecular flexibility index (Phi) is 5.59. The lowest BCUT2D eigenvalue weighted by Gasteiger charge is -2.13. The number of amides is 1. The standard InChI is InChI=1S/C20H14F2N2O4/c21-10-12-1-7-16(18(9-12)28-15-5-2-13(22)3-6-15)19(25)24-14-4-8-17(20(26)27)23-11-14/h1-9,11H,10H2,(H,24,25)(H,26,27). The van der Waals surface area contributed by atoms with Crippen molar-refractivity contribution in [2.45, 2.75) is 6.67 Å². The summed E-state index contributed by atoms with van der Waals surface area (Å²) in [4.78, 5) is 27.2. The van der Waals surface area contributed by atoms with Crippen molar-refractivity contribution >= 4 is 17.6 Å². The first-order valence-corrected chi connectivity index (χ1v) is 8.09. The van der Waals surface area contributed by atoms with Gasteiger partial charge in [0.1, 0.15) is 29.7 Å². The number of nitrogens with one attached hydrogen (secondary N) is 1. The van der Waals surface area contributed by atoms with Crippen LogP contribution in [0.1, 0.15) is 26.4 Å². The van der Waals surface area contributed by atoms with Crippen molar-refractivity contribution in [1.82, 2.24) is 4.98 Å². The van der Waals surface area contributed by atoms with Gasteiger partial charge >= 0.3 is 5.97 Å². The molecule has 0 unspecified atom stereocenters. The van der Waals surface area contributed by atoms with Gasteiger partial charge in [-0.3, -0.25) is 4.79 Å². The summed E-state index contributed by atoms with van der Waals surface area (Å²) in [7, 11) is 0. The van der Waals surface area contributed by atoms with Crippen LogP contribution >= 0.6 is 0 Å². The maximum absolute atomic E-state index is 13.1. The molecule has 3 rings (SSSR count). The minimum atomic E-state index is -1.19. The number of carboxylic acids is 1. The molecule has 6 nitrogen and oxygen atoms in total. The fourth-order valence-electron chi connectivity index (χ4n) is 2.34. The van der Waals surface area contributed by atoms with Gasteiger partial charge in [-0.15, -0.1) is 0 Å². The van der Waals surface area contributed by atoms with E-state index in [-0.39, 0.29) is 28.4 Å². The van der Waals surface area contributed by atoms with Crippen LogP contribution in [0.4, 0.5) is 14.5 Å². The number of halogens is 2. The molecule has 0 bridgehead atoms. The quantitative estimate of drug-likeness (QED) is 0.656. The first kappa shape index (κ1) is 19.0. The van der Waals surface area contributed by atoms with Crippen LogP contribution < -0.4 is 10.1 Å². The molecule has 0 saturated heterocycles. The van der Waals surface area contributed by atoms with Gasteiger partial charge in [0.05, 0.1) is 17.4 Å². The van der Waals surface area contributed by atoms with Gasteiger partial charge in [-0.05, 0) is 54.1 Å². The van der Waals surface area contributed by atoms with E-state index in [1.54, 1.807) is 0 Å². The molecule has 3 aromatic rings. The van der Waals surface area contributed by atoms with Gasteiger partial charge in [-0.2, -0.15) is 0 Å². The van der Waals surface area contributed by atoms with Crippen LogP contribution in [-0.4, -0.2) is 22.0 Å². The van der Waals surface area contributed by atoms with Crippen molar-refractivity contribution in [2.75, 3.05) is 5.32 Å². The monoisotopic (exact) mass is 384 g/mol. The predicted octanol–water partition coefficient (Wildman–Crippen LogP) is 4.43. The molecule has 0 saturated carbocycles. The number of anilines is 1. The highest BCUT2D eigenvalue weighted by Crippen LogP contribution is 2.28. The van der Waals surface area contributed by atoms with E-state index in [9.17, 15) is 18.4 Å². The van der Waals surface area contributed by atoms with Crippen LogP contribution in [0, 0.1) is 5.82 Å². The minimum Gasteiger partial charge on any atom is -0.477 e. The van der Waals surface area contributed by atoms with E-state index in [4.69, 9.17) is 9.84 Å². The van der Waals surface area contributed by atoms with Gasteiger partial charge in [-0.25, -0.2) is 18.6 Å². The van der Waals surface area contributed by atoms with E-state index in [0.717, 1.165) is 0 Å². The lowest BCUT2D eigenvalue weighted by Crippen LogP contribution is -2.14. The average Bonchev–Trinajstić information content (AvgIpc) is 2.70. The summed E-state index contributed by atoms with van der Waals surface area (Å²) < 4.78 is 31.7. The molecule has 0 aliphatic carbocycles. The lowest BCUT2D eigenvalue weighted by molar-refractivity contribution is 0.0690. The van der Waals surface area contributed by atoms with E-state index in [1.807, 2.05) is 0 Å². The summed E-state index contributed by atoms with van der Waals surface area (Å²) in [6, 6.07) is 12.0. The first-order valence-electron chi connectivity index (χ1n) is 8.09. The number of ether oxygens (including phenoxy) is 1. The Bertz CT molecular complexity index is 1010. The van der Waals surface area contributed by atoms with E-state index in [0.29, 0.717) is 5.56 Å². The number of benzene rings is 2. The van der Waals surface area contributed by atoms with Gasteiger partial charge in [-0.1, -0.05) is 6.07 Å². The Morgan fingerprint density at radius 1 is 1.07 bits per heavy atom. The first-order chi connectivity index (χ1) is 13.5. The molecule has 0 fully saturated rings. The Labute approximate surface area is 158 Å². The fraction of sp³-hybridized carbons (Fsp3) is 0.0500. The SMILES string of the molecule is O=C(O)c1ccc(NC(=O)c2ccc(CF)cc2Oc2ccc(F)cc2)cn1. The Balaban J connectivity index is 1.86. The average molecular weight is 384 g/mol. The number of hydrogen-bond donors (Lipinski definition) is 2. The van der Waals surface area contributed by atoms with E-state index >= 15 is 0 Å². The van der Waals surface area contributed by atoms with Crippen LogP contribution in [0.15, 0.2) is 60.8 Å². The molecule has 0 radical (unpaired) electrons. The minimum absolute atomic E-state index is 0.0920. The molecule has 2 N–H and O–H groups in total. The number of carboxylic acid groups (broad SMARTS) is 1. The second-order valence-electron chi connectivity index (χ2n) is 5.71. The van der Waals surface area contributed by atoms with E-state index in [2.05, 4.69) is 10.3 Å². The Morgan fingerprint density at radius 3 is 2.43 bits per heavy atom. The molecule has 142 valence electrons. The number of aromatic nitrogens is 1. The predicted molar refractivity (Wildman–Crippen MR) is 96.9 cm³/mol. The number of rotatable bonds is 6. The molecule has 2 aromatic carbocycles. The van der Waals surface area contributed by atoms with Gasteiger partial charge in [0.15, 0.2) is 0 Å². The van der Waals surface area contributed by atoms with Crippen molar-refractivity contribution in [2.24, 2.45) is 0 Å². The van der Waals surface area contributed by atoms with E-state index < -0.39 is 24.4 Å². The smallest absolute Gasteiger partial charge is 0.354 e. The molecule has 1 amide bonds. The number of carbonyl (C=O) groups excluding carboxylic acids is 1. The summed E-state index contributed by atoms with van der Waals surface area (Å²) in [5.41, 5.74) is 0.535. The van der Waals surface area contributed by atoms with Crippen molar-refractivity contribution in [3.05, 3.63) is 83.4 Å². The molecule has 0 spiro atoms. The van der Waals surface area contributed by atoms with Crippen molar-refractivity contribution in [1.29, 1.82) is 0 Å². The second kappa shape index (κ2) is 8.26. The normalized spacial score (nSPS) is 10.4. The Hall–Kier alpha value is -3.81. The van der Waals surface area contributed by atoms with Crippen molar-refractivity contribution < 1.29 is 28.2 Å². The molecule has 0 aliphatic rings. The number of nitrogens with zero attached hydrogens (tertiary/aromatic N) is 1. The molecule has 28 heavy (non-hydrogen) atoms. The zero-order valence-corrected chi connectivity index (χ0v) is 14.4. The third kappa shape index (κ3) is 4.47. The highest BCUT2D eigenvalue weighted by Gasteiger charge is 2.15. The van der Waals surface area contributed by atoms with Crippen LogP contribution in [0.3, 0.4) is 0 Å². The number of hydrogen-bond acceptors (Lipinski definition) is 4.